The van der Waals surface area contributed by atoms with E-state index in [1.54, 1.807) is 18.3 Å². The lowest BCUT2D eigenvalue weighted by Crippen LogP contribution is -2.61. The fraction of sp³-hybridized carbons (Fsp3) is 0.545. The van der Waals surface area contributed by atoms with E-state index >= 15 is 0 Å². The predicted molar refractivity (Wildman–Crippen MR) is 114 cm³/mol. The van der Waals surface area contributed by atoms with Crippen LogP contribution >= 0.6 is 0 Å². The molecule has 30 heavy (non-hydrogen) atoms. The van der Waals surface area contributed by atoms with Crippen LogP contribution in [0.4, 0.5) is 4.79 Å². The minimum Gasteiger partial charge on any atom is -0.444 e. The maximum absolute atomic E-state index is 12.7. The fourth-order valence-corrected chi connectivity index (χ4v) is 3.70. The third-order valence-corrected chi connectivity index (χ3v) is 5.78. The second-order valence-corrected chi connectivity index (χ2v) is 9.57. The second-order valence-electron chi connectivity index (χ2n) is 9.57. The van der Waals surface area contributed by atoms with E-state index < -0.39 is 23.2 Å². The number of carbonyl (C=O) groups excluding carboxylic acids is 2. The van der Waals surface area contributed by atoms with Crippen molar-refractivity contribution in [3.63, 3.8) is 0 Å². The Balaban J connectivity index is 1.62. The van der Waals surface area contributed by atoms with Gasteiger partial charge >= 0.3 is 6.09 Å². The molecule has 0 aromatic carbocycles. The summed E-state index contributed by atoms with van der Waals surface area (Å²) in [4.78, 5) is 41.6. The topological polar surface area (TPSA) is 102 Å². The van der Waals surface area contributed by atoms with Gasteiger partial charge in [0.05, 0.1) is 0 Å². The van der Waals surface area contributed by atoms with E-state index in [0.717, 1.165) is 5.56 Å². The Hall–Kier alpha value is -2.90. The molecule has 2 atom stereocenters. The summed E-state index contributed by atoms with van der Waals surface area (Å²) in [6.45, 7) is 11.9. The number of nitrogens with one attached hydrogen (secondary N) is 2. The summed E-state index contributed by atoms with van der Waals surface area (Å²) in [5.74, 6) is -0.242. The Morgan fingerprint density at radius 3 is 2.67 bits per heavy atom. The van der Waals surface area contributed by atoms with Crippen LogP contribution < -0.4 is 16.2 Å². The third-order valence-electron chi connectivity index (χ3n) is 5.78. The van der Waals surface area contributed by atoms with Gasteiger partial charge in [0.2, 0.25) is 0 Å². The molecule has 1 aliphatic rings. The van der Waals surface area contributed by atoms with Crippen molar-refractivity contribution in [2.45, 2.75) is 59.6 Å². The first kappa shape index (κ1) is 21.8. The van der Waals surface area contributed by atoms with Gasteiger partial charge in [0.15, 0.2) is 0 Å². The molecule has 162 valence electrons. The molecule has 0 bridgehead atoms. The van der Waals surface area contributed by atoms with Crippen LogP contribution in [0.15, 0.2) is 29.3 Å². The van der Waals surface area contributed by atoms with Gasteiger partial charge in [-0.1, -0.05) is 13.8 Å². The van der Waals surface area contributed by atoms with E-state index in [0.29, 0.717) is 18.6 Å². The van der Waals surface area contributed by atoms with E-state index in [2.05, 4.69) is 15.6 Å². The smallest absolute Gasteiger partial charge is 0.407 e. The van der Waals surface area contributed by atoms with Gasteiger partial charge in [-0.3, -0.25) is 14.0 Å². The molecule has 2 aromatic heterocycles. The van der Waals surface area contributed by atoms with Crippen LogP contribution in [0.5, 0.6) is 0 Å². The SMILES string of the molecule is Cc1ccn2c(=O)c(C(=O)NC3CC(CNC(=O)OC(C)(C)C)C3(C)C)cnc2c1. The van der Waals surface area contributed by atoms with Crippen molar-refractivity contribution < 1.29 is 14.3 Å². The molecular weight excluding hydrogens is 384 g/mol. The monoisotopic (exact) mass is 414 g/mol. The van der Waals surface area contributed by atoms with E-state index in [1.165, 1.54) is 10.6 Å². The van der Waals surface area contributed by atoms with E-state index in [4.69, 9.17) is 4.74 Å². The highest BCUT2D eigenvalue weighted by atomic mass is 16.6. The molecule has 2 unspecified atom stereocenters. The van der Waals surface area contributed by atoms with Crippen LogP contribution in [0.1, 0.15) is 57.0 Å². The van der Waals surface area contributed by atoms with Gasteiger partial charge in [0, 0.05) is 25.0 Å². The van der Waals surface area contributed by atoms with Crippen molar-refractivity contribution in [2.24, 2.45) is 11.3 Å². The molecule has 0 spiro atoms. The molecule has 2 heterocycles. The molecule has 1 aliphatic carbocycles. The Morgan fingerprint density at radius 1 is 1.33 bits per heavy atom. The number of ether oxygens (including phenoxy) is 1. The Labute approximate surface area is 176 Å². The first-order valence-corrected chi connectivity index (χ1v) is 10.1. The van der Waals surface area contributed by atoms with Gasteiger partial charge < -0.3 is 15.4 Å². The maximum Gasteiger partial charge on any atom is 0.407 e. The van der Waals surface area contributed by atoms with Crippen molar-refractivity contribution in [3.05, 3.63) is 46.0 Å². The Bertz CT molecular complexity index is 1040. The highest BCUT2D eigenvalue weighted by Gasteiger charge is 2.48. The van der Waals surface area contributed by atoms with Gasteiger partial charge in [0.25, 0.3) is 11.5 Å². The van der Waals surface area contributed by atoms with Crippen molar-refractivity contribution in [1.29, 1.82) is 0 Å². The number of rotatable bonds is 4. The molecule has 0 saturated heterocycles. The van der Waals surface area contributed by atoms with Crippen molar-refractivity contribution in [3.8, 4) is 0 Å². The number of aryl methyl sites for hydroxylation is 1. The summed E-state index contributed by atoms with van der Waals surface area (Å²) in [6.07, 6.45) is 3.22. The van der Waals surface area contributed by atoms with Crippen molar-refractivity contribution >= 4 is 17.6 Å². The summed E-state index contributed by atoms with van der Waals surface area (Å²) in [5, 5.41) is 5.76. The summed E-state index contributed by atoms with van der Waals surface area (Å²) >= 11 is 0. The molecule has 1 saturated carbocycles. The first-order valence-electron chi connectivity index (χ1n) is 10.1. The standard InChI is InChI=1S/C22H30N4O4/c1-13-7-8-26-17(9-13)23-12-15(19(26)28)18(27)25-16-10-14(22(16,5)6)11-24-20(29)30-21(2,3)4/h7-9,12,14,16H,10-11H2,1-6H3,(H,24,29)(H,25,27). The summed E-state index contributed by atoms with van der Waals surface area (Å²) < 4.78 is 6.64. The molecule has 2 N–H and O–H groups in total. The number of amides is 2. The molecule has 3 rings (SSSR count). The van der Waals surface area contributed by atoms with Gasteiger partial charge in [-0.25, -0.2) is 9.78 Å². The lowest BCUT2D eigenvalue weighted by molar-refractivity contribution is 0.00931. The van der Waals surface area contributed by atoms with E-state index in [-0.39, 0.29) is 22.9 Å². The lowest BCUT2D eigenvalue weighted by Gasteiger charge is -2.52. The van der Waals surface area contributed by atoms with Gasteiger partial charge in [-0.15, -0.1) is 0 Å². The number of fused-ring (bicyclic) bond motifs is 1. The minimum absolute atomic E-state index is 0.0162. The molecule has 2 aromatic rings. The number of alkyl carbamates (subject to hydrolysis) is 1. The molecule has 1 fully saturated rings. The highest BCUT2D eigenvalue weighted by molar-refractivity contribution is 5.94. The third kappa shape index (κ3) is 4.47. The van der Waals surface area contributed by atoms with E-state index in [1.807, 2.05) is 41.5 Å². The van der Waals surface area contributed by atoms with Crippen molar-refractivity contribution in [1.82, 2.24) is 20.0 Å². The number of nitrogens with zero attached hydrogens (tertiary/aromatic N) is 2. The summed E-state index contributed by atoms with van der Waals surface area (Å²) in [5.41, 5.74) is 0.342. The molecular formula is C22H30N4O4. The van der Waals surface area contributed by atoms with Gasteiger partial charge in [-0.2, -0.15) is 0 Å². The number of carbonyl (C=O) groups is 2. The van der Waals surface area contributed by atoms with Crippen LogP contribution in [0.3, 0.4) is 0 Å². The lowest BCUT2D eigenvalue weighted by atomic mass is 9.58. The minimum atomic E-state index is -0.545. The number of aromatic nitrogens is 2. The zero-order valence-electron chi connectivity index (χ0n) is 18.4. The van der Waals surface area contributed by atoms with E-state index in [9.17, 15) is 14.4 Å². The molecule has 2 amide bonds. The second kappa shape index (κ2) is 7.74. The molecule has 8 heteroatoms. The van der Waals surface area contributed by atoms with Gasteiger partial charge in [-0.05, 0) is 63.1 Å². The van der Waals surface area contributed by atoms with Crippen molar-refractivity contribution in [2.75, 3.05) is 6.54 Å². The normalized spacial score (nSPS) is 20.3. The number of pyridine rings is 1. The van der Waals surface area contributed by atoms with Gasteiger partial charge in [0.1, 0.15) is 16.8 Å². The zero-order valence-corrected chi connectivity index (χ0v) is 18.4. The first-order chi connectivity index (χ1) is 13.9. The predicted octanol–water partition coefficient (Wildman–Crippen LogP) is 2.67. The maximum atomic E-state index is 12.7. The average Bonchev–Trinajstić information content (AvgIpc) is 2.62. The zero-order chi connectivity index (χ0) is 22.3. The van der Waals surface area contributed by atoms with Crippen LogP contribution in [0.25, 0.3) is 5.65 Å². The van der Waals surface area contributed by atoms with Crippen LogP contribution in [-0.2, 0) is 4.74 Å². The molecule has 0 radical (unpaired) electrons. The average molecular weight is 415 g/mol. The number of hydrogen-bond acceptors (Lipinski definition) is 5. The highest BCUT2D eigenvalue weighted by Crippen LogP contribution is 2.45. The Kier molecular flexibility index (Phi) is 5.62. The largest absolute Gasteiger partial charge is 0.444 e. The summed E-state index contributed by atoms with van der Waals surface area (Å²) in [7, 11) is 0. The molecule has 8 nitrogen and oxygen atoms in total. The van der Waals surface area contributed by atoms with Crippen LogP contribution in [0, 0.1) is 18.3 Å². The Morgan fingerprint density at radius 2 is 2.03 bits per heavy atom. The fourth-order valence-electron chi connectivity index (χ4n) is 3.70. The van der Waals surface area contributed by atoms with Crippen LogP contribution in [-0.4, -0.2) is 39.6 Å². The summed E-state index contributed by atoms with van der Waals surface area (Å²) in [6, 6.07) is 3.49. The molecule has 0 aliphatic heterocycles. The van der Waals surface area contributed by atoms with Crippen LogP contribution in [0.2, 0.25) is 0 Å². The quantitative estimate of drug-likeness (QED) is 0.801. The number of hydrogen-bond donors (Lipinski definition) is 2.